The number of pyridine rings is 1. The highest BCUT2D eigenvalue weighted by atomic mass is 16.3. The molecule has 3 heteroatoms. The first-order valence-electron chi connectivity index (χ1n) is 5.64. The summed E-state index contributed by atoms with van der Waals surface area (Å²) in [4.78, 5) is 4.38. The van der Waals surface area contributed by atoms with Crippen LogP contribution >= 0.6 is 0 Å². The number of nitrogens with zero attached hydrogens (tertiary/aromatic N) is 1. The summed E-state index contributed by atoms with van der Waals surface area (Å²) in [5.41, 5.74) is 1.00. The molecule has 1 aliphatic rings. The molecule has 0 radical (unpaired) electrons. The van der Waals surface area contributed by atoms with E-state index in [1.807, 2.05) is 25.1 Å². The van der Waals surface area contributed by atoms with Crippen LogP contribution in [0.2, 0.25) is 0 Å². The number of aliphatic hydroxyl groups excluding tert-OH is 1. The molecular formula is C12H18N2O. The Bertz CT molecular complexity index is 327. The van der Waals surface area contributed by atoms with Crippen LogP contribution in [0, 0.1) is 6.92 Å². The Morgan fingerprint density at radius 3 is 2.87 bits per heavy atom. The number of hydrogen-bond acceptors (Lipinski definition) is 3. The van der Waals surface area contributed by atoms with E-state index in [9.17, 15) is 5.11 Å². The van der Waals surface area contributed by atoms with E-state index in [0.717, 1.165) is 30.8 Å². The number of aliphatic hydroxyl groups is 1. The number of aromatic nitrogens is 1. The third-order valence-electron chi connectivity index (χ3n) is 2.95. The highest BCUT2D eigenvalue weighted by Gasteiger charge is 2.22. The molecule has 0 bridgehead atoms. The van der Waals surface area contributed by atoms with Gasteiger partial charge in [-0.2, -0.15) is 0 Å². The highest BCUT2D eigenvalue weighted by Crippen LogP contribution is 2.21. The first-order valence-corrected chi connectivity index (χ1v) is 5.64. The molecule has 1 aromatic rings. The molecule has 0 aromatic carbocycles. The van der Waals surface area contributed by atoms with Crippen molar-refractivity contribution < 1.29 is 5.11 Å². The Morgan fingerprint density at radius 2 is 2.13 bits per heavy atom. The van der Waals surface area contributed by atoms with Crippen molar-refractivity contribution in [3.05, 3.63) is 23.9 Å². The summed E-state index contributed by atoms with van der Waals surface area (Å²) in [5, 5.41) is 13.1. The first kappa shape index (κ1) is 10.4. The van der Waals surface area contributed by atoms with E-state index in [-0.39, 0.29) is 12.1 Å². The van der Waals surface area contributed by atoms with Crippen molar-refractivity contribution in [3.63, 3.8) is 0 Å². The lowest BCUT2D eigenvalue weighted by Gasteiger charge is -2.28. The summed E-state index contributed by atoms with van der Waals surface area (Å²) >= 11 is 0. The Hall–Kier alpha value is -1.09. The quantitative estimate of drug-likeness (QED) is 0.779. The Balaban J connectivity index is 2.01. The average Bonchev–Trinajstić information content (AvgIpc) is 2.22. The zero-order valence-electron chi connectivity index (χ0n) is 9.11. The standard InChI is InChI=1S/C12H18N2O/c1-9-5-4-8-12(13-9)14-10-6-2-3-7-11(10)15/h4-5,8,10-11,15H,2-3,6-7H2,1H3,(H,13,14). The van der Waals surface area contributed by atoms with E-state index >= 15 is 0 Å². The molecule has 1 saturated carbocycles. The first-order chi connectivity index (χ1) is 7.25. The summed E-state index contributed by atoms with van der Waals surface area (Å²) in [6.07, 6.45) is 4.06. The Kier molecular flexibility index (Phi) is 3.21. The zero-order valence-corrected chi connectivity index (χ0v) is 9.11. The van der Waals surface area contributed by atoms with Crippen LogP contribution in [0.5, 0.6) is 0 Å². The number of anilines is 1. The van der Waals surface area contributed by atoms with Gasteiger partial charge in [-0.1, -0.05) is 18.9 Å². The van der Waals surface area contributed by atoms with Crippen LogP contribution in [0.3, 0.4) is 0 Å². The smallest absolute Gasteiger partial charge is 0.126 e. The van der Waals surface area contributed by atoms with Gasteiger partial charge in [-0.15, -0.1) is 0 Å². The lowest BCUT2D eigenvalue weighted by atomic mass is 9.92. The fourth-order valence-electron chi connectivity index (χ4n) is 2.09. The summed E-state index contributed by atoms with van der Waals surface area (Å²) in [5.74, 6) is 0.876. The average molecular weight is 206 g/mol. The SMILES string of the molecule is Cc1cccc(NC2CCCCC2O)n1. The van der Waals surface area contributed by atoms with Gasteiger partial charge in [-0.25, -0.2) is 4.98 Å². The molecule has 1 fully saturated rings. The van der Waals surface area contributed by atoms with Gasteiger partial charge in [0.2, 0.25) is 0 Å². The number of hydrogen-bond donors (Lipinski definition) is 2. The van der Waals surface area contributed by atoms with Crippen molar-refractivity contribution in [1.82, 2.24) is 4.98 Å². The van der Waals surface area contributed by atoms with Gasteiger partial charge in [0.1, 0.15) is 5.82 Å². The van der Waals surface area contributed by atoms with Gasteiger partial charge in [0, 0.05) is 5.69 Å². The van der Waals surface area contributed by atoms with Crippen molar-refractivity contribution in [2.24, 2.45) is 0 Å². The molecule has 2 N–H and O–H groups in total. The van der Waals surface area contributed by atoms with Crippen LogP contribution in [0.1, 0.15) is 31.4 Å². The maximum absolute atomic E-state index is 9.81. The van der Waals surface area contributed by atoms with E-state index < -0.39 is 0 Å². The minimum absolute atomic E-state index is 0.174. The van der Waals surface area contributed by atoms with E-state index in [0.29, 0.717) is 0 Å². The summed E-state index contributed by atoms with van der Waals surface area (Å²) in [6.45, 7) is 1.97. The molecule has 3 nitrogen and oxygen atoms in total. The largest absolute Gasteiger partial charge is 0.391 e. The molecule has 0 saturated heterocycles. The fourth-order valence-corrected chi connectivity index (χ4v) is 2.09. The number of aryl methyl sites for hydroxylation is 1. The molecule has 1 aliphatic carbocycles. The predicted octanol–water partition coefficient (Wildman–Crippen LogP) is 2.11. The van der Waals surface area contributed by atoms with Crippen molar-refractivity contribution in [2.75, 3.05) is 5.32 Å². The highest BCUT2D eigenvalue weighted by molar-refractivity contribution is 5.36. The number of rotatable bonds is 2. The van der Waals surface area contributed by atoms with E-state index in [4.69, 9.17) is 0 Å². The molecule has 2 rings (SSSR count). The summed E-state index contributed by atoms with van der Waals surface area (Å²) in [6, 6.07) is 6.09. The zero-order chi connectivity index (χ0) is 10.7. The molecule has 0 spiro atoms. The third-order valence-corrected chi connectivity index (χ3v) is 2.95. The van der Waals surface area contributed by atoms with Crippen molar-refractivity contribution >= 4 is 5.82 Å². The summed E-state index contributed by atoms with van der Waals surface area (Å²) < 4.78 is 0. The van der Waals surface area contributed by atoms with Crippen LogP contribution in [-0.2, 0) is 0 Å². The molecule has 1 heterocycles. The maximum atomic E-state index is 9.81. The van der Waals surface area contributed by atoms with Gasteiger partial charge in [0.05, 0.1) is 12.1 Å². The molecule has 2 atom stereocenters. The van der Waals surface area contributed by atoms with Crippen LogP contribution in [0.25, 0.3) is 0 Å². The normalized spacial score (nSPS) is 26.3. The lowest BCUT2D eigenvalue weighted by Crippen LogP contribution is -2.36. The Morgan fingerprint density at radius 1 is 1.33 bits per heavy atom. The van der Waals surface area contributed by atoms with E-state index in [1.54, 1.807) is 0 Å². The van der Waals surface area contributed by atoms with Crippen molar-refractivity contribution in [2.45, 2.75) is 44.8 Å². The molecule has 0 aliphatic heterocycles. The second-order valence-electron chi connectivity index (χ2n) is 4.27. The molecule has 0 amide bonds. The minimum atomic E-state index is -0.221. The van der Waals surface area contributed by atoms with Crippen LogP contribution < -0.4 is 5.32 Å². The topological polar surface area (TPSA) is 45.1 Å². The summed E-state index contributed by atoms with van der Waals surface area (Å²) in [7, 11) is 0. The molecule has 1 aromatic heterocycles. The third kappa shape index (κ3) is 2.69. The van der Waals surface area contributed by atoms with Crippen LogP contribution in [-0.4, -0.2) is 22.2 Å². The van der Waals surface area contributed by atoms with Gasteiger partial charge in [-0.3, -0.25) is 0 Å². The molecule has 2 unspecified atom stereocenters. The Labute approximate surface area is 90.5 Å². The lowest BCUT2D eigenvalue weighted by molar-refractivity contribution is 0.116. The molecule has 15 heavy (non-hydrogen) atoms. The van der Waals surface area contributed by atoms with Gasteiger partial charge >= 0.3 is 0 Å². The minimum Gasteiger partial charge on any atom is -0.391 e. The second kappa shape index (κ2) is 4.62. The van der Waals surface area contributed by atoms with Gasteiger partial charge in [0.25, 0.3) is 0 Å². The second-order valence-corrected chi connectivity index (χ2v) is 4.27. The number of nitrogens with one attached hydrogen (secondary N) is 1. The van der Waals surface area contributed by atoms with Gasteiger partial charge in [0.15, 0.2) is 0 Å². The van der Waals surface area contributed by atoms with Crippen molar-refractivity contribution in [3.8, 4) is 0 Å². The van der Waals surface area contributed by atoms with Crippen LogP contribution in [0.15, 0.2) is 18.2 Å². The van der Waals surface area contributed by atoms with E-state index in [1.165, 1.54) is 6.42 Å². The fraction of sp³-hybridized carbons (Fsp3) is 0.583. The van der Waals surface area contributed by atoms with Gasteiger partial charge < -0.3 is 10.4 Å². The maximum Gasteiger partial charge on any atom is 0.126 e. The molecular weight excluding hydrogens is 188 g/mol. The van der Waals surface area contributed by atoms with E-state index in [2.05, 4.69) is 10.3 Å². The van der Waals surface area contributed by atoms with Gasteiger partial charge in [-0.05, 0) is 31.9 Å². The monoisotopic (exact) mass is 206 g/mol. The molecule has 82 valence electrons. The predicted molar refractivity (Wildman–Crippen MR) is 60.9 cm³/mol. The van der Waals surface area contributed by atoms with Crippen molar-refractivity contribution in [1.29, 1.82) is 0 Å². The van der Waals surface area contributed by atoms with Crippen LogP contribution in [0.4, 0.5) is 5.82 Å².